The summed E-state index contributed by atoms with van der Waals surface area (Å²) in [5.74, 6) is -3.11. The van der Waals surface area contributed by atoms with E-state index >= 15 is 0 Å². The van der Waals surface area contributed by atoms with E-state index in [1.807, 2.05) is 16.9 Å². The highest BCUT2D eigenvalue weighted by atomic mass is 19.1. The first kappa shape index (κ1) is 20.1. The number of methoxy groups -OCH3 is 1. The van der Waals surface area contributed by atoms with Crippen molar-refractivity contribution in [1.82, 2.24) is 20.1 Å². The fourth-order valence-electron chi connectivity index (χ4n) is 3.87. The molecule has 1 saturated carbocycles. The van der Waals surface area contributed by atoms with Crippen molar-refractivity contribution in [2.45, 2.75) is 31.7 Å². The number of phenols is 1. The van der Waals surface area contributed by atoms with E-state index in [2.05, 4.69) is 15.4 Å². The molecule has 0 atom stereocenters. The lowest BCUT2D eigenvalue weighted by atomic mass is 9.86. The summed E-state index contributed by atoms with van der Waals surface area (Å²) in [5, 5.41) is 17.5. The lowest BCUT2D eigenvalue weighted by Gasteiger charge is -2.28. The molecule has 7 nitrogen and oxygen atoms in total. The Hall–Kier alpha value is -3.23. The zero-order chi connectivity index (χ0) is 21.3. The molecule has 30 heavy (non-hydrogen) atoms. The molecule has 4 rings (SSSR count). The zero-order valence-electron chi connectivity index (χ0n) is 16.4. The van der Waals surface area contributed by atoms with Gasteiger partial charge in [-0.2, -0.15) is 5.10 Å². The van der Waals surface area contributed by atoms with Gasteiger partial charge in [-0.25, -0.2) is 13.8 Å². The van der Waals surface area contributed by atoms with Gasteiger partial charge in [-0.3, -0.25) is 9.48 Å². The molecule has 0 radical (unpaired) electrons. The number of ether oxygens (including phenoxy) is 1. The molecule has 2 N–H and O–H groups in total. The van der Waals surface area contributed by atoms with Crippen molar-refractivity contribution in [1.29, 1.82) is 0 Å². The molecule has 0 bridgehead atoms. The highest BCUT2D eigenvalue weighted by molar-refractivity contribution is 5.94. The number of amides is 1. The molecule has 1 amide bonds. The average Bonchev–Trinajstić information content (AvgIpc) is 3.19. The minimum Gasteiger partial charge on any atom is -0.503 e. The molecule has 1 aromatic carbocycles. The van der Waals surface area contributed by atoms with Gasteiger partial charge in [0.1, 0.15) is 5.52 Å². The molecule has 0 spiro atoms. The highest BCUT2D eigenvalue weighted by Gasteiger charge is 2.24. The predicted molar refractivity (Wildman–Crippen MR) is 105 cm³/mol. The summed E-state index contributed by atoms with van der Waals surface area (Å²) in [4.78, 5) is 16.4. The third-order valence-electron chi connectivity index (χ3n) is 5.61. The van der Waals surface area contributed by atoms with Crippen LogP contribution in [0.1, 0.15) is 42.1 Å². The number of nitrogens with one attached hydrogen (secondary N) is 1. The van der Waals surface area contributed by atoms with Gasteiger partial charge in [0, 0.05) is 29.8 Å². The summed E-state index contributed by atoms with van der Waals surface area (Å²) in [6.45, 7) is 0.428. The van der Waals surface area contributed by atoms with E-state index in [0.29, 0.717) is 12.4 Å². The number of fused-ring (bicyclic) bond motifs is 1. The number of pyridine rings is 1. The quantitative estimate of drug-likeness (QED) is 0.664. The first-order valence-corrected chi connectivity index (χ1v) is 9.79. The summed E-state index contributed by atoms with van der Waals surface area (Å²) in [6, 6.07) is 3.79. The Kier molecular flexibility index (Phi) is 5.52. The van der Waals surface area contributed by atoms with Crippen LogP contribution in [0.3, 0.4) is 0 Å². The number of hydrogen-bond donors (Lipinski definition) is 2. The van der Waals surface area contributed by atoms with Crippen LogP contribution in [0.25, 0.3) is 10.9 Å². The molecular weight excluding hydrogens is 394 g/mol. The van der Waals surface area contributed by atoms with Crippen molar-refractivity contribution in [2.75, 3.05) is 13.7 Å². The van der Waals surface area contributed by atoms with Crippen LogP contribution in [0, 0.1) is 17.6 Å². The summed E-state index contributed by atoms with van der Waals surface area (Å²) in [7, 11) is 1.58. The minimum atomic E-state index is -1.15. The molecule has 2 heterocycles. The van der Waals surface area contributed by atoms with Crippen molar-refractivity contribution in [3.8, 4) is 11.6 Å². The van der Waals surface area contributed by atoms with E-state index in [1.54, 1.807) is 13.3 Å². The van der Waals surface area contributed by atoms with E-state index in [4.69, 9.17) is 9.84 Å². The van der Waals surface area contributed by atoms with Crippen LogP contribution in [-0.4, -0.2) is 39.4 Å². The molecule has 1 fully saturated rings. The van der Waals surface area contributed by atoms with Gasteiger partial charge in [-0.15, -0.1) is 0 Å². The molecule has 158 valence electrons. The van der Waals surface area contributed by atoms with Gasteiger partial charge >= 0.3 is 0 Å². The average molecular weight is 416 g/mol. The van der Waals surface area contributed by atoms with Crippen LogP contribution in [0.4, 0.5) is 8.78 Å². The van der Waals surface area contributed by atoms with Crippen LogP contribution in [-0.2, 0) is 0 Å². The fourth-order valence-corrected chi connectivity index (χ4v) is 3.87. The van der Waals surface area contributed by atoms with Crippen molar-refractivity contribution >= 4 is 16.8 Å². The van der Waals surface area contributed by atoms with Crippen LogP contribution in [0.2, 0.25) is 0 Å². The summed E-state index contributed by atoms with van der Waals surface area (Å²) >= 11 is 0. The van der Waals surface area contributed by atoms with Gasteiger partial charge in [-0.05, 0) is 43.7 Å². The van der Waals surface area contributed by atoms with Crippen molar-refractivity contribution < 1.29 is 23.4 Å². The van der Waals surface area contributed by atoms with E-state index in [9.17, 15) is 13.6 Å². The maximum Gasteiger partial charge on any atom is 0.251 e. The van der Waals surface area contributed by atoms with Crippen molar-refractivity contribution in [3.63, 3.8) is 0 Å². The maximum absolute atomic E-state index is 13.4. The number of benzene rings is 1. The monoisotopic (exact) mass is 416 g/mol. The molecule has 1 aliphatic rings. The van der Waals surface area contributed by atoms with E-state index < -0.39 is 23.3 Å². The third-order valence-corrected chi connectivity index (χ3v) is 5.61. The number of halogens is 2. The first-order chi connectivity index (χ1) is 14.4. The lowest BCUT2D eigenvalue weighted by Crippen LogP contribution is -2.31. The molecule has 1 aliphatic carbocycles. The van der Waals surface area contributed by atoms with Gasteiger partial charge in [0.15, 0.2) is 17.4 Å². The van der Waals surface area contributed by atoms with E-state index in [1.165, 1.54) is 0 Å². The Morgan fingerprint density at radius 2 is 1.93 bits per heavy atom. The van der Waals surface area contributed by atoms with E-state index in [-0.39, 0.29) is 17.5 Å². The Labute approximate surface area is 171 Å². The maximum atomic E-state index is 13.4. The third kappa shape index (κ3) is 4.05. The van der Waals surface area contributed by atoms with Gasteiger partial charge < -0.3 is 15.2 Å². The smallest absolute Gasteiger partial charge is 0.251 e. The van der Waals surface area contributed by atoms with Gasteiger partial charge in [0.05, 0.1) is 19.3 Å². The van der Waals surface area contributed by atoms with Crippen LogP contribution in [0.15, 0.2) is 30.6 Å². The van der Waals surface area contributed by atoms with Gasteiger partial charge in [0.25, 0.3) is 5.91 Å². The second kappa shape index (κ2) is 8.25. The number of aromatic hydroxyl groups is 1. The number of rotatable bonds is 5. The second-order valence-electron chi connectivity index (χ2n) is 7.57. The number of hydrogen-bond acceptors (Lipinski definition) is 5. The number of aromatic nitrogens is 3. The van der Waals surface area contributed by atoms with Crippen LogP contribution in [0.5, 0.6) is 11.6 Å². The molecule has 0 aliphatic heterocycles. The molecule has 2 aromatic heterocycles. The fraction of sp³-hybridized carbons (Fsp3) is 0.381. The number of carbonyl (C=O) groups is 1. The Bertz CT molecular complexity index is 1050. The Morgan fingerprint density at radius 1 is 1.23 bits per heavy atom. The van der Waals surface area contributed by atoms with Crippen LogP contribution >= 0.6 is 0 Å². The number of nitrogens with zero attached hydrogens (tertiary/aromatic N) is 3. The minimum absolute atomic E-state index is 0.149. The van der Waals surface area contributed by atoms with Crippen molar-refractivity contribution in [2.24, 2.45) is 5.92 Å². The Morgan fingerprint density at radius 3 is 2.60 bits per heavy atom. The predicted octanol–water partition coefficient (Wildman–Crippen LogP) is 3.59. The molecule has 0 saturated heterocycles. The van der Waals surface area contributed by atoms with E-state index in [0.717, 1.165) is 48.7 Å². The summed E-state index contributed by atoms with van der Waals surface area (Å²) in [6.07, 6.45) is 7.34. The zero-order valence-corrected chi connectivity index (χ0v) is 16.4. The topological polar surface area (TPSA) is 89.3 Å². The van der Waals surface area contributed by atoms with Crippen LogP contribution < -0.4 is 10.1 Å². The number of carbonyl (C=O) groups excluding carboxylic acids is 1. The highest BCUT2D eigenvalue weighted by Crippen LogP contribution is 2.32. The van der Waals surface area contributed by atoms with Gasteiger partial charge in [0.2, 0.25) is 5.88 Å². The largest absolute Gasteiger partial charge is 0.503 e. The summed E-state index contributed by atoms with van der Waals surface area (Å²) in [5.41, 5.74) is 0.669. The lowest BCUT2D eigenvalue weighted by molar-refractivity contribution is 0.0940. The van der Waals surface area contributed by atoms with Crippen molar-refractivity contribution in [3.05, 3.63) is 47.8 Å². The molecule has 9 heteroatoms. The second-order valence-corrected chi connectivity index (χ2v) is 7.57. The molecule has 0 unspecified atom stereocenters. The SMILES string of the molecule is COc1cc2cn(C3CCC(CNC(=O)c4cc(F)c(O)c(F)c4)CC3)nc2cn1. The summed E-state index contributed by atoms with van der Waals surface area (Å²) < 4.78 is 34.0. The normalized spacial score (nSPS) is 19.0. The molecular formula is C21H22F2N4O3. The molecule has 3 aromatic rings. The van der Waals surface area contributed by atoms with Gasteiger partial charge in [-0.1, -0.05) is 0 Å². The Balaban J connectivity index is 1.32. The first-order valence-electron chi connectivity index (χ1n) is 9.79. The number of phenolic OH excluding ortho intramolecular Hbond substituents is 1. The standard InChI is InChI=1S/C21H22F2N4O3/c1-30-19-8-14-11-27(26-18(14)10-24-19)15-4-2-12(3-5-15)9-25-21(29)13-6-16(22)20(28)17(23)7-13/h6-8,10-12,15,28H,2-5,9H2,1H3,(H,25,29).